The summed E-state index contributed by atoms with van der Waals surface area (Å²) in [6, 6.07) is 8.95. The fourth-order valence-corrected chi connectivity index (χ4v) is 4.58. The van der Waals surface area contributed by atoms with Crippen molar-refractivity contribution in [3.8, 4) is 11.1 Å². The lowest BCUT2D eigenvalue weighted by Gasteiger charge is -2.03. The maximum absolute atomic E-state index is 3.50. The fourth-order valence-electron chi connectivity index (χ4n) is 4.33. The number of pyridine rings is 2. The summed E-state index contributed by atoms with van der Waals surface area (Å²) in [5.41, 5.74) is 2.60. The Kier molecular flexibility index (Phi) is 15.4. The average molecular weight is 504 g/mol. The van der Waals surface area contributed by atoms with E-state index in [1.165, 1.54) is 101 Å². The van der Waals surface area contributed by atoms with Crippen LogP contribution in [-0.4, -0.2) is 5.33 Å². The minimum absolute atomic E-state index is 1.06. The number of halogens is 1. The highest BCUT2D eigenvalue weighted by molar-refractivity contribution is 9.09. The fraction of sp³-hybridized carbons (Fsp3) is 0.655. The highest BCUT2D eigenvalue weighted by Gasteiger charge is 2.06. The summed E-state index contributed by atoms with van der Waals surface area (Å²) in [6.07, 6.45) is 29.9. The molecule has 3 heteroatoms. The van der Waals surface area contributed by atoms with Gasteiger partial charge in [0.25, 0.3) is 0 Å². The molecule has 0 aliphatic heterocycles. The molecule has 0 aliphatic rings. The predicted octanol–water partition coefficient (Wildman–Crippen LogP) is 8.19. The van der Waals surface area contributed by atoms with Gasteiger partial charge in [-0.1, -0.05) is 99.9 Å². The third-order valence-corrected chi connectivity index (χ3v) is 7.00. The zero-order valence-corrected chi connectivity index (χ0v) is 22.2. The first-order valence-electron chi connectivity index (χ1n) is 13.4. The van der Waals surface area contributed by atoms with Gasteiger partial charge in [0.1, 0.15) is 13.1 Å². The van der Waals surface area contributed by atoms with Crippen molar-refractivity contribution in [1.82, 2.24) is 0 Å². The van der Waals surface area contributed by atoms with Gasteiger partial charge in [-0.2, -0.15) is 0 Å². The van der Waals surface area contributed by atoms with Gasteiger partial charge in [-0.25, -0.2) is 9.13 Å². The number of unbranched alkanes of at least 4 members (excludes halogenated alkanes) is 13. The number of hydrogen-bond acceptors (Lipinski definition) is 0. The van der Waals surface area contributed by atoms with Crippen molar-refractivity contribution in [2.24, 2.45) is 0 Å². The minimum Gasteiger partial charge on any atom is -0.205 e. The van der Waals surface area contributed by atoms with Gasteiger partial charge < -0.3 is 0 Å². The van der Waals surface area contributed by atoms with E-state index in [0.29, 0.717) is 0 Å². The average Bonchev–Trinajstić information content (AvgIpc) is 2.84. The van der Waals surface area contributed by atoms with Gasteiger partial charge in [0.15, 0.2) is 24.8 Å². The first-order valence-corrected chi connectivity index (χ1v) is 14.5. The smallest absolute Gasteiger partial charge is 0.169 e. The van der Waals surface area contributed by atoms with E-state index >= 15 is 0 Å². The number of hydrogen-bond donors (Lipinski definition) is 0. The van der Waals surface area contributed by atoms with Crippen LogP contribution in [0.15, 0.2) is 49.1 Å². The molecule has 0 unspecified atom stereocenters. The molecule has 2 aromatic heterocycles. The Morgan fingerprint density at radius 3 is 1.22 bits per heavy atom. The van der Waals surface area contributed by atoms with Gasteiger partial charge in [-0.3, -0.25) is 0 Å². The third-order valence-electron chi connectivity index (χ3n) is 6.44. The second-order valence-corrected chi connectivity index (χ2v) is 10.1. The van der Waals surface area contributed by atoms with Crippen LogP contribution in [0.3, 0.4) is 0 Å². The second-order valence-electron chi connectivity index (χ2n) is 9.29. The van der Waals surface area contributed by atoms with Crippen LogP contribution in [0.5, 0.6) is 0 Å². The Labute approximate surface area is 206 Å². The summed E-state index contributed by atoms with van der Waals surface area (Å²) >= 11 is 3.50. The lowest BCUT2D eigenvalue weighted by atomic mass is 10.0. The van der Waals surface area contributed by atoms with Crippen LogP contribution >= 0.6 is 15.9 Å². The zero-order valence-electron chi connectivity index (χ0n) is 20.6. The Hall–Kier alpha value is -1.22. The zero-order chi connectivity index (χ0) is 22.7. The summed E-state index contributed by atoms with van der Waals surface area (Å²) in [5, 5.41) is 1.06. The Morgan fingerprint density at radius 1 is 0.500 bits per heavy atom. The molecule has 0 aliphatic carbocycles. The summed E-state index contributed by atoms with van der Waals surface area (Å²) in [6.45, 7) is 4.50. The monoisotopic (exact) mass is 502 g/mol. The first-order chi connectivity index (χ1) is 15.8. The molecule has 2 heterocycles. The van der Waals surface area contributed by atoms with E-state index in [1.54, 1.807) is 0 Å². The molecule has 0 N–H and O–H groups in total. The third kappa shape index (κ3) is 12.1. The molecule has 0 atom stereocenters. The van der Waals surface area contributed by atoms with Crippen LogP contribution in [-0.2, 0) is 13.1 Å². The number of nitrogens with zero attached hydrogens (tertiary/aromatic N) is 2. The Morgan fingerprint density at radius 2 is 0.844 bits per heavy atom. The van der Waals surface area contributed by atoms with Crippen LogP contribution in [0.2, 0.25) is 0 Å². The van der Waals surface area contributed by atoms with Crippen molar-refractivity contribution in [3.63, 3.8) is 0 Å². The van der Waals surface area contributed by atoms with E-state index < -0.39 is 0 Å². The lowest BCUT2D eigenvalue weighted by molar-refractivity contribution is -0.697. The van der Waals surface area contributed by atoms with Crippen molar-refractivity contribution < 1.29 is 9.13 Å². The Balaban J connectivity index is 1.49. The number of alkyl halides is 1. The van der Waals surface area contributed by atoms with E-state index in [2.05, 4.69) is 81.0 Å². The molecule has 2 aromatic rings. The SMILES string of the molecule is CCCCCCCCCCCCCCCC[n+]1ccc(-c2cc[n+](CCCBr)cc2)cc1. The standard InChI is InChI=1S/C29H47BrN2/c1-2-3-4-5-6-7-8-9-10-11-12-13-14-15-22-31-24-17-28(18-25-31)29-19-26-32(27-20-29)23-16-21-30/h17-20,24-27H,2-16,21-23H2,1H3/q+2. The van der Waals surface area contributed by atoms with Crippen molar-refractivity contribution in [3.05, 3.63) is 49.1 Å². The van der Waals surface area contributed by atoms with Crippen molar-refractivity contribution in [2.75, 3.05) is 5.33 Å². The van der Waals surface area contributed by atoms with Gasteiger partial charge in [-0.15, -0.1) is 0 Å². The molecular formula is C29H47BrN2+2. The molecule has 0 saturated carbocycles. The number of rotatable bonds is 19. The molecule has 0 spiro atoms. The maximum Gasteiger partial charge on any atom is 0.169 e. The largest absolute Gasteiger partial charge is 0.205 e. The molecule has 0 aromatic carbocycles. The van der Waals surface area contributed by atoms with Gasteiger partial charge in [0.05, 0.1) is 0 Å². The van der Waals surface area contributed by atoms with Crippen LogP contribution in [0.1, 0.15) is 103 Å². The molecule has 0 fully saturated rings. The normalized spacial score (nSPS) is 11.2. The maximum atomic E-state index is 3.50. The van der Waals surface area contributed by atoms with Crippen molar-refractivity contribution in [1.29, 1.82) is 0 Å². The molecule has 178 valence electrons. The molecule has 0 saturated heterocycles. The van der Waals surface area contributed by atoms with E-state index in [9.17, 15) is 0 Å². The summed E-state index contributed by atoms with van der Waals surface area (Å²) in [5.74, 6) is 0. The van der Waals surface area contributed by atoms with Crippen LogP contribution < -0.4 is 9.13 Å². The minimum atomic E-state index is 1.06. The molecule has 2 rings (SSSR count). The molecule has 32 heavy (non-hydrogen) atoms. The number of aromatic nitrogens is 2. The highest BCUT2D eigenvalue weighted by Crippen LogP contribution is 2.16. The molecule has 0 amide bonds. The highest BCUT2D eigenvalue weighted by atomic mass is 79.9. The van der Waals surface area contributed by atoms with E-state index in [-0.39, 0.29) is 0 Å². The number of aryl methyl sites for hydroxylation is 2. The van der Waals surface area contributed by atoms with Crippen LogP contribution in [0.25, 0.3) is 11.1 Å². The predicted molar refractivity (Wildman–Crippen MR) is 141 cm³/mol. The molecule has 2 nitrogen and oxygen atoms in total. The van der Waals surface area contributed by atoms with E-state index in [4.69, 9.17) is 0 Å². The molecule has 0 radical (unpaired) electrons. The van der Waals surface area contributed by atoms with Gasteiger partial charge in [0, 0.05) is 42.4 Å². The first kappa shape index (κ1) is 27.0. The topological polar surface area (TPSA) is 7.76 Å². The lowest BCUT2D eigenvalue weighted by Crippen LogP contribution is -2.33. The quantitative estimate of drug-likeness (QED) is 0.104. The summed E-state index contributed by atoms with van der Waals surface area (Å²) < 4.78 is 4.59. The van der Waals surface area contributed by atoms with Crippen LogP contribution in [0, 0.1) is 0 Å². The van der Waals surface area contributed by atoms with Gasteiger partial charge in [0.2, 0.25) is 0 Å². The van der Waals surface area contributed by atoms with E-state index in [0.717, 1.165) is 24.8 Å². The molecular weight excluding hydrogens is 456 g/mol. The molecule has 0 bridgehead atoms. The van der Waals surface area contributed by atoms with E-state index in [1.807, 2.05) is 0 Å². The van der Waals surface area contributed by atoms with Gasteiger partial charge >= 0.3 is 0 Å². The second kappa shape index (κ2) is 18.2. The van der Waals surface area contributed by atoms with Crippen molar-refractivity contribution in [2.45, 2.75) is 116 Å². The summed E-state index contributed by atoms with van der Waals surface area (Å²) in [7, 11) is 0. The van der Waals surface area contributed by atoms with Crippen LogP contribution in [0.4, 0.5) is 0 Å². The Bertz CT molecular complexity index is 681. The van der Waals surface area contributed by atoms with Crippen molar-refractivity contribution >= 4 is 15.9 Å². The summed E-state index contributed by atoms with van der Waals surface area (Å²) in [4.78, 5) is 0. The van der Waals surface area contributed by atoms with Gasteiger partial charge in [-0.05, 0) is 17.5 Å².